The molecule has 0 amide bonds. The first kappa shape index (κ1) is 10.1. The molecular weight excluding hydrogens is 182 g/mol. The zero-order valence-corrected chi connectivity index (χ0v) is 9.83. The highest BCUT2D eigenvalue weighted by Crippen LogP contribution is 2.38. The van der Waals surface area contributed by atoms with Gasteiger partial charge in [-0.2, -0.15) is 0 Å². The smallest absolute Gasteiger partial charge is 0.0133 e. The molecule has 3 aliphatic rings. The second-order valence-electron chi connectivity index (χ2n) is 5.70. The third kappa shape index (κ3) is 1.95. The van der Waals surface area contributed by atoms with Crippen molar-refractivity contribution in [2.75, 3.05) is 0 Å². The van der Waals surface area contributed by atoms with Gasteiger partial charge in [0.05, 0.1) is 0 Å². The Kier molecular flexibility index (Phi) is 3.01. The van der Waals surface area contributed by atoms with Crippen molar-refractivity contribution in [1.82, 2.24) is 4.90 Å². The van der Waals surface area contributed by atoms with Crippen molar-refractivity contribution < 1.29 is 0 Å². The van der Waals surface area contributed by atoms with E-state index in [9.17, 15) is 0 Å². The number of nitrogens with zero attached hydrogens (tertiary/aromatic N) is 1. The first-order chi connectivity index (χ1) is 7.45. The van der Waals surface area contributed by atoms with E-state index in [0.717, 1.165) is 18.1 Å². The standard InChI is InChI=1S/C14H24N/c1-2-6-12(7-3-1)15-13-8-4-9-14(15)11-5-10-13/h6,12-14H,1-5,7-11H2. The number of piperidine rings is 2. The van der Waals surface area contributed by atoms with Crippen molar-refractivity contribution >= 4 is 0 Å². The molecule has 1 nitrogen and oxygen atoms in total. The molecule has 2 aliphatic heterocycles. The van der Waals surface area contributed by atoms with Gasteiger partial charge >= 0.3 is 0 Å². The lowest BCUT2D eigenvalue weighted by Gasteiger charge is -2.51. The zero-order chi connectivity index (χ0) is 10.1. The summed E-state index contributed by atoms with van der Waals surface area (Å²) >= 11 is 0. The maximum atomic E-state index is 2.92. The van der Waals surface area contributed by atoms with Crippen LogP contribution in [0.3, 0.4) is 0 Å². The maximum Gasteiger partial charge on any atom is 0.0133 e. The van der Waals surface area contributed by atoms with Crippen LogP contribution >= 0.6 is 0 Å². The molecular formula is C14H24N. The van der Waals surface area contributed by atoms with Crippen molar-refractivity contribution in [3.05, 3.63) is 6.42 Å². The fourth-order valence-electron chi connectivity index (χ4n) is 4.10. The average molecular weight is 206 g/mol. The predicted octanol–water partition coefficient (Wildman–Crippen LogP) is 3.54. The highest BCUT2D eigenvalue weighted by atomic mass is 15.2. The largest absolute Gasteiger partial charge is 0.294 e. The molecule has 1 saturated carbocycles. The Hall–Kier alpha value is -0.0400. The van der Waals surface area contributed by atoms with Crippen LogP contribution in [-0.4, -0.2) is 23.0 Å². The van der Waals surface area contributed by atoms with Gasteiger partial charge in [0.15, 0.2) is 0 Å². The van der Waals surface area contributed by atoms with Crippen LogP contribution in [0, 0.1) is 6.42 Å². The molecule has 1 radical (unpaired) electrons. The summed E-state index contributed by atoms with van der Waals surface area (Å²) in [5, 5.41) is 0. The summed E-state index contributed by atoms with van der Waals surface area (Å²) in [6.07, 6.45) is 17.3. The van der Waals surface area contributed by atoms with Gasteiger partial charge in [-0.05, 0) is 44.9 Å². The van der Waals surface area contributed by atoms with Crippen LogP contribution in [0.2, 0.25) is 0 Å². The summed E-state index contributed by atoms with van der Waals surface area (Å²) < 4.78 is 0. The minimum absolute atomic E-state index is 0.856. The van der Waals surface area contributed by atoms with E-state index in [4.69, 9.17) is 0 Å². The molecule has 3 fully saturated rings. The molecule has 3 rings (SSSR count). The number of hydrogen-bond acceptors (Lipinski definition) is 1. The fraction of sp³-hybridized carbons (Fsp3) is 0.929. The summed E-state index contributed by atoms with van der Waals surface area (Å²) in [5.41, 5.74) is 0. The second-order valence-corrected chi connectivity index (χ2v) is 5.70. The lowest BCUT2D eigenvalue weighted by molar-refractivity contribution is 0.00456. The second kappa shape index (κ2) is 4.45. The highest BCUT2D eigenvalue weighted by molar-refractivity contribution is 4.98. The van der Waals surface area contributed by atoms with Gasteiger partial charge in [0, 0.05) is 18.1 Å². The van der Waals surface area contributed by atoms with Crippen LogP contribution < -0.4 is 0 Å². The summed E-state index contributed by atoms with van der Waals surface area (Å²) in [7, 11) is 0. The lowest BCUT2D eigenvalue weighted by atomic mass is 9.80. The predicted molar refractivity (Wildman–Crippen MR) is 63.7 cm³/mol. The van der Waals surface area contributed by atoms with Crippen LogP contribution in [0.1, 0.15) is 64.2 Å². The third-order valence-electron chi connectivity index (χ3n) is 4.77. The van der Waals surface area contributed by atoms with E-state index in [1.165, 1.54) is 64.2 Å². The molecule has 1 unspecified atom stereocenters. The van der Waals surface area contributed by atoms with Crippen LogP contribution in [-0.2, 0) is 0 Å². The minimum atomic E-state index is 0.856. The summed E-state index contributed by atoms with van der Waals surface area (Å²) in [6, 6.07) is 2.77. The van der Waals surface area contributed by atoms with E-state index in [2.05, 4.69) is 11.3 Å². The van der Waals surface area contributed by atoms with E-state index in [1.54, 1.807) is 0 Å². The maximum absolute atomic E-state index is 2.92. The molecule has 0 aromatic carbocycles. The van der Waals surface area contributed by atoms with E-state index < -0.39 is 0 Å². The lowest BCUT2D eigenvalue weighted by Crippen LogP contribution is -2.55. The Bertz CT molecular complexity index is 185. The zero-order valence-electron chi connectivity index (χ0n) is 9.83. The quantitative estimate of drug-likeness (QED) is 0.634. The molecule has 0 spiro atoms. The summed E-state index contributed by atoms with van der Waals surface area (Å²) in [5.74, 6) is 0. The average Bonchev–Trinajstić information content (AvgIpc) is 2.29. The van der Waals surface area contributed by atoms with E-state index in [-0.39, 0.29) is 0 Å². The first-order valence-corrected chi connectivity index (χ1v) is 7.06. The molecule has 0 N–H and O–H groups in total. The molecule has 15 heavy (non-hydrogen) atoms. The van der Waals surface area contributed by atoms with Gasteiger partial charge in [0.2, 0.25) is 0 Å². The first-order valence-electron chi connectivity index (χ1n) is 7.06. The molecule has 2 saturated heterocycles. The van der Waals surface area contributed by atoms with Crippen molar-refractivity contribution in [3.63, 3.8) is 0 Å². The van der Waals surface area contributed by atoms with E-state index >= 15 is 0 Å². The van der Waals surface area contributed by atoms with Crippen LogP contribution in [0.5, 0.6) is 0 Å². The van der Waals surface area contributed by atoms with Crippen LogP contribution in [0.4, 0.5) is 0 Å². The molecule has 85 valence electrons. The number of hydrogen-bond donors (Lipinski definition) is 0. The molecule has 0 aromatic heterocycles. The van der Waals surface area contributed by atoms with Gasteiger partial charge in [-0.3, -0.25) is 4.90 Å². The van der Waals surface area contributed by atoms with Gasteiger partial charge in [-0.25, -0.2) is 0 Å². The topological polar surface area (TPSA) is 3.24 Å². The Labute approximate surface area is 94.2 Å². The Balaban J connectivity index is 1.71. The van der Waals surface area contributed by atoms with Gasteiger partial charge in [-0.1, -0.05) is 25.7 Å². The summed E-state index contributed by atoms with van der Waals surface area (Å²) in [4.78, 5) is 2.92. The van der Waals surface area contributed by atoms with Crippen molar-refractivity contribution in [2.45, 2.75) is 82.3 Å². The van der Waals surface area contributed by atoms with Gasteiger partial charge in [-0.15, -0.1) is 0 Å². The van der Waals surface area contributed by atoms with E-state index in [1.807, 2.05) is 0 Å². The van der Waals surface area contributed by atoms with Crippen LogP contribution in [0.25, 0.3) is 0 Å². The van der Waals surface area contributed by atoms with Gasteiger partial charge in [0.1, 0.15) is 0 Å². The molecule has 2 bridgehead atoms. The van der Waals surface area contributed by atoms with Gasteiger partial charge in [0.25, 0.3) is 0 Å². The number of fused-ring (bicyclic) bond motifs is 2. The normalized spacial score (nSPS) is 39.2. The SMILES string of the molecule is [CH]1CCCCC1N1C2CCCC1CCC2. The monoisotopic (exact) mass is 206 g/mol. The van der Waals surface area contributed by atoms with Crippen molar-refractivity contribution in [1.29, 1.82) is 0 Å². The minimum Gasteiger partial charge on any atom is -0.294 e. The Morgan fingerprint density at radius 1 is 0.733 bits per heavy atom. The highest BCUT2D eigenvalue weighted by Gasteiger charge is 2.38. The van der Waals surface area contributed by atoms with Gasteiger partial charge < -0.3 is 0 Å². The number of rotatable bonds is 1. The van der Waals surface area contributed by atoms with Crippen LogP contribution in [0.15, 0.2) is 0 Å². The third-order valence-corrected chi connectivity index (χ3v) is 4.77. The molecule has 1 aliphatic carbocycles. The Morgan fingerprint density at radius 2 is 1.40 bits per heavy atom. The molecule has 2 heterocycles. The van der Waals surface area contributed by atoms with E-state index in [0.29, 0.717) is 0 Å². The molecule has 0 aromatic rings. The van der Waals surface area contributed by atoms with Crippen molar-refractivity contribution in [2.24, 2.45) is 0 Å². The fourth-order valence-corrected chi connectivity index (χ4v) is 4.10. The molecule has 1 atom stereocenters. The molecule has 1 heteroatoms. The van der Waals surface area contributed by atoms with Crippen molar-refractivity contribution in [3.8, 4) is 0 Å². The summed E-state index contributed by atoms with van der Waals surface area (Å²) in [6.45, 7) is 0. The Morgan fingerprint density at radius 3 is 1.93 bits per heavy atom.